The van der Waals surface area contributed by atoms with E-state index >= 15 is 0 Å². The highest BCUT2D eigenvalue weighted by atomic mass is 16.2. The first-order valence-corrected chi connectivity index (χ1v) is 12.6. The largest absolute Gasteiger partial charge is 0.359 e. The van der Waals surface area contributed by atoms with Crippen molar-refractivity contribution in [2.45, 2.75) is 32.7 Å². The maximum absolute atomic E-state index is 13.3. The van der Waals surface area contributed by atoms with Crippen LogP contribution in [0.15, 0.2) is 72.9 Å². The Bertz CT molecular complexity index is 1150. The van der Waals surface area contributed by atoms with Crippen LogP contribution in [-0.2, 0) is 9.59 Å². The monoisotopic (exact) mass is 485 g/mol. The third-order valence-electron chi connectivity index (χ3n) is 6.73. The first-order valence-electron chi connectivity index (χ1n) is 12.6. The second kappa shape index (κ2) is 11.8. The molecule has 188 valence electrons. The van der Waals surface area contributed by atoms with Crippen molar-refractivity contribution >= 4 is 23.3 Å². The number of nitrogens with zero attached hydrogens (tertiary/aromatic N) is 3. The van der Waals surface area contributed by atoms with Gasteiger partial charge in [-0.25, -0.2) is 4.98 Å². The number of rotatable bonds is 9. The second-order valence-corrected chi connectivity index (χ2v) is 9.35. The van der Waals surface area contributed by atoms with Crippen molar-refractivity contribution in [3.8, 4) is 0 Å². The molecule has 0 radical (unpaired) electrons. The third kappa shape index (κ3) is 6.29. The van der Waals surface area contributed by atoms with E-state index in [1.165, 1.54) is 11.1 Å². The van der Waals surface area contributed by atoms with E-state index < -0.39 is 6.04 Å². The number of nitrogens with one attached hydrogen (secondary N) is 2. The quantitative estimate of drug-likeness (QED) is 0.477. The van der Waals surface area contributed by atoms with E-state index in [1.807, 2.05) is 53.1 Å². The number of pyridine rings is 1. The maximum atomic E-state index is 13.3. The molecule has 1 aliphatic heterocycles. The lowest BCUT2D eigenvalue weighted by atomic mass is 9.98. The average molecular weight is 486 g/mol. The minimum absolute atomic E-state index is 0.123. The molecule has 7 nitrogen and oxygen atoms in total. The van der Waals surface area contributed by atoms with Gasteiger partial charge in [-0.15, -0.1) is 0 Å². The highest BCUT2D eigenvalue weighted by Crippen LogP contribution is 2.21. The van der Waals surface area contributed by atoms with E-state index in [-0.39, 0.29) is 17.7 Å². The topological polar surface area (TPSA) is 77.6 Å². The van der Waals surface area contributed by atoms with E-state index in [0.717, 1.165) is 24.3 Å². The number of aryl methyl sites for hydroxylation is 1. The summed E-state index contributed by atoms with van der Waals surface area (Å²) in [4.78, 5) is 33.9. The van der Waals surface area contributed by atoms with E-state index in [0.29, 0.717) is 25.5 Å². The number of carbonyl (C=O) groups is 2. The Labute approximate surface area is 213 Å². The van der Waals surface area contributed by atoms with Crippen LogP contribution < -0.4 is 15.5 Å². The van der Waals surface area contributed by atoms with Crippen molar-refractivity contribution in [3.63, 3.8) is 0 Å². The number of anilines is 2. The van der Waals surface area contributed by atoms with Gasteiger partial charge in [0, 0.05) is 26.2 Å². The number of aromatic nitrogens is 1. The highest BCUT2D eigenvalue weighted by molar-refractivity contribution is 5.95. The van der Waals surface area contributed by atoms with Crippen LogP contribution in [0.2, 0.25) is 0 Å². The summed E-state index contributed by atoms with van der Waals surface area (Å²) in [7, 11) is 0. The molecule has 0 bridgehead atoms. The van der Waals surface area contributed by atoms with Crippen LogP contribution in [0, 0.1) is 6.92 Å². The van der Waals surface area contributed by atoms with Gasteiger partial charge < -0.3 is 20.4 Å². The molecule has 1 aromatic heterocycles. The molecule has 1 aliphatic rings. The zero-order valence-electron chi connectivity index (χ0n) is 21.3. The molecule has 2 aromatic carbocycles. The van der Waals surface area contributed by atoms with Gasteiger partial charge >= 0.3 is 0 Å². The standard InChI is InChI=1S/C29H35N5O2/c1-4-33-16-17-34(20-27(33)35)25-14-15-26(30-19-25)32-29(36)28(24-8-6-5-7-9-24)31-18-22(3)23-12-10-21(2)11-13-23/h5-15,19,22,28,31H,4,16-18,20H2,1-3H3,(H,30,32,36)/t22-,28?/m1/s1. The molecule has 1 fully saturated rings. The maximum Gasteiger partial charge on any atom is 0.247 e. The zero-order valence-corrected chi connectivity index (χ0v) is 21.3. The van der Waals surface area contributed by atoms with Crippen LogP contribution in [0.25, 0.3) is 0 Å². The molecule has 0 spiro atoms. The van der Waals surface area contributed by atoms with Crippen molar-refractivity contribution in [1.29, 1.82) is 0 Å². The van der Waals surface area contributed by atoms with Crippen molar-refractivity contribution in [2.75, 3.05) is 42.9 Å². The van der Waals surface area contributed by atoms with Gasteiger partial charge in [-0.05, 0) is 43.0 Å². The lowest BCUT2D eigenvalue weighted by molar-refractivity contribution is -0.130. The number of amides is 2. The van der Waals surface area contributed by atoms with Crippen molar-refractivity contribution < 1.29 is 9.59 Å². The molecular weight excluding hydrogens is 450 g/mol. The normalized spacial score (nSPS) is 15.5. The molecule has 3 aromatic rings. The molecule has 7 heteroatoms. The van der Waals surface area contributed by atoms with Gasteiger partial charge in [0.25, 0.3) is 0 Å². The van der Waals surface area contributed by atoms with E-state index in [9.17, 15) is 9.59 Å². The lowest BCUT2D eigenvalue weighted by Crippen LogP contribution is -2.50. The third-order valence-corrected chi connectivity index (χ3v) is 6.73. The average Bonchev–Trinajstić information content (AvgIpc) is 2.90. The molecule has 2 N–H and O–H groups in total. The molecule has 2 amide bonds. The Balaban J connectivity index is 1.41. The van der Waals surface area contributed by atoms with Crippen molar-refractivity contribution in [3.05, 3.63) is 89.6 Å². The first-order chi connectivity index (χ1) is 17.4. The number of hydrogen-bond donors (Lipinski definition) is 2. The summed E-state index contributed by atoms with van der Waals surface area (Å²) in [5, 5.41) is 6.42. The summed E-state index contributed by atoms with van der Waals surface area (Å²) in [6, 6.07) is 21.4. The number of carbonyl (C=O) groups excluding carboxylic acids is 2. The van der Waals surface area contributed by atoms with Crippen LogP contribution >= 0.6 is 0 Å². The van der Waals surface area contributed by atoms with Gasteiger partial charge in [0.05, 0.1) is 18.4 Å². The number of likely N-dealkylation sites (N-methyl/N-ethyl adjacent to an activating group) is 1. The Kier molecular flexibility index (Phi) is 8.33. The van der Waals surface area contributed by atoms with Gasteiger partial charge in [0.1, 0.15) is 11.9 Å². The van der Waals surface area contributed by atoms with Crippen LogP contribution in [0.3, 0.4) is 0 Å². The van der Waals surface area contributed by atoms with Gasteiger partial charge in [-0.3, -0.25) is 9.59 Å². The summed E-state index contributed by atoms with van der Waals surface area (Å²) >= 11 is 0. The number of piperazine rings is 1. The Hall–Kier alpha value is -3.71. The molecule has 0 saturated carbocycles. The van der Waals surface area contributed by atoms with Crippen LogP contribution in [-0.4, -0.2) is 54.4 Å². The van der Waals surface area contributed by atoms with Crippen LogP contribution in [0.1, 0.15) is 42.5 Å². The second-order valence-electron chi connectivity index (χ2n) is 9.35. The molecule has 36 heavy (non-hydrogen) atoms. The minimum Gasteiger partial charge on any atom is -0.359 e. The van der Waals surface area contributed by atoms with Gasteiger partial charge in [-0.1, -0.05) is 67.1 Å². The Morgan fingerprint density at radius 2 is 1.75 bits per heavy atom. The zero-order chi connectivity index (χ0) is 25.5. The van der Waals surface area contributed by atoms with E-state index in [1.54, 1.807) is 12.3 Å². The SMILES string of the molecule is CCN1CCN(c2ccc(NC(=O)C(NC[C@@H](C)c3ccc(C)cc3)c3ccccc3)nc2)CC1=O. The van der Waals surface area contributed by atoms with Crippen LogP contribution in [0.5, 0.6) is 0 Å². The van der Waals surface area contributed by atoms with E-state index in [4.69, 9.17) is 0 Å². The lowest BCUT2D eigenvalue weighted by Gasteiger charge is -2.34. The summed E-state index contributed by atoms with van der Waals surface area (Å²) in [5.74, 6) is 0.691. The summed E-state index contributed by atoms with van der Waals surface area (Å²) in [6.45, 7) is 9.44. The predicted octanol–water partition coefficient (Wildman–Crippen LogP) is 4.13. The van der Waals surface area contributed by atoms with Gasteiger partial charge in [0.15, 0.2) is 0 Å². The Morgan fingerprint density at radius 3 is 2.39 bits per heavy atom. The van der Waals surface area contributed by atoms with Crippen LogP contribution in [0.4, 0.5) is 11.5 Å². The molecule has 1 unspecified atom stereocenters. The molecular formula is C29H35N5O2. The number of hydrogen-bond acceptors (Lipinski definition) is 5. The van der Waals surface area contributed by atoms with Gasteiger partial charge in [-0.2, -0.15) is 0 Å². The Morgan fingerprint density at radius 1 is 1.00 bits per heavy atom. The summed E-state index contributed by atoms with van der Waals surface area (Å²) < 4.78 is 0. The minimum atomic E-state index is -0.514. The fraction of sp³-hybridized carbons (Fsp3) is 0.345. The predicted molar refractivity (Wildman–Crippen MR) is 144 cm³/mol. The fourth-order valence-electron chi connectivity index (χ4n) is 4.42. The molecule has 2 heterocycles. The van der Waals surface area contributed by atoms with Crippen molar-refractivity contribution in [2.24, 2.45) is 0 Å². The number of benzene rings is 2. The molecule has 1 saturated heterocycles. The van der Waals surface area contributed by atoms with Crippen molar-refractivity contribution in [1.82, 2.24) is 15.2 Å². The summed E-state index contributed by atoms with van der Waals surface area (Å²) in [6.07, 6.45) is 1.72. The molecule has 2 atom stereocenters. The molecule has 4 rings (SSSR count). The summed E-state index contributed by atoms with van der Waals surface area (Å²) in [5.41, 5.74) is 4.24. The fourth-order valence-corrected chi connectivity index (χ4v) is 4.42. The van der Waals surface area contributed by atoms with Gasteiger partial charge in [0.2, 0.25) is 11.8 Å². The van der Waals surface area contributed by atoms with E-state index in [2.05, 4.69) is 53.7 Å². The highest BCUT2D eigenvalue weighted by Gasteiger charge is 2.24. The molecule has 0 aliphatic carbocycles. The first kappa shape index (κ1) is 25.4. The smallest absolute Gasteiger partial charge is 0.247 e.